The first-order chi connectivity index (χ1) is 8.79. The molecule has 18 heavy (non-hydrogen) atoms. The highest BCUT2D eigenvalue weighted by Gasteiger charge is 2.41. The predicted octanol–water partition coefficient (Wildman–Crippen LogP) is 1.17. The van der Waals surface area contributed by atoms with E-state index in [1.54, 1.807) is 0 Å². The topological polar surface area (TPSA) is 35.6 Å². The summed E-state index contributed by atoms with van der Waals surface area (Å²) in [5, 5.41) is 3.39. The van der Waals surface area contributed by atoms with Gasteiger partial charge in [0.2, 0.25) is 5.91 Å². The van der Waals surface area contributed by atoms with Crippen LogP contribution in [0.1, 0.15) is 45.4 Å². The van der Waals surface area contributed by atoms with Crippen LogP contribution in [0.25, 0.3) is 0 Å². The molecule has 0 aromatic rings. The number of likely N-dealkylation sites (tertiary alicyclic amines) is 1. The number of rotatable bonds is 5. The molecule has 0 spiro atoms. The smallest absolute Gasteiger partial charge is 0.241 e. The molecule has 1 aliphatic carbocycles. The first-order valence-electron chi connectivity index (χ1n) is 7.57. The summed E-state index contributed by atoms with van der Waals surface area (Å²) in [6.45, 7) is 5.26. The maximum absolute atomic E-state index is 12.3. The van der Waals surface area contributed by atoms with Gasteiger partial charge in [-0.3, -0.25) is 15.0 Å². The number of carbonyl (C=O) groups is 1. The van der Waals surface area contributed by atoms with Gasteiger partial charge >= 0.3 is 0 Å². The van der Waals surface area contributed by atoms with E-state index in [2.05, 4.69) is 22.0 Å². The summed E-state index contributed by atoms with van der Waals surface area (Å²) in [7, 11) is 0. The average Bonchev–Trinajstić information content (AvgIpc) is 3.00. The van der Waals surface area contributed by atoms with Crippen LogP contribution in [0.4, 0.5) is 0 Å². The van der Waals surface area contributed by atoms with Crippen LogP contribution in [0.3, 0.4) is 0 Å². The molecule has 2 saturated heterocycles. The third-order valence-electron chi connectivity index (χ3n) is 4.63. The lowest BCUT2D eigenvalue weighted by atomic mass is 10.1. The van der Waals surface area contributed by atoms with Gasteiger partial charge in [0, 0.05) is 25.2 Å². The van der Waals surface area contributed by atoms with Gasteiger partial charge in [-0.1, -0.05) is 19.8 Å². The Morgan fingerprint density at radius 2 is 2.11 bits per heavy atom. The summed E-state index contributed by atoms with van der Waals surface area (Å²) in [6, 6.07) is 1.41. The Hall–Kier alpha value is -0.610. The van der Waals surface area contributed by atoms with Crippen molar-refractivity contribution in [3.8, 4) is 0 Å². The molecule has 1 saturated carbocycles. The third kappa shape index (κ3) is 2.41. The zero-order valence-electron chi connectivity index (χ0n) is 11.4. The largest absolute Gasteiger partial charge is 0.324 e. The van der Waals surface area contributed by atoms with Gasteiger partial charge in [-0.25, -0.2) is 0 Å². The maximum atomic E-state index is 12.3. The molecule has 0 bridgehead atoms. The quantitative estimate of drug-likeness (QED) is 0.797. The molecule has 2 heterocycles. The summed E-state index contributed by atoms with van der Waals surface area (Å²) in [4.78, 5) is 17.0. The van der Waals surface area contributed by atoms with Gasteiger partial charge in [0.15, 0.2) is 0 Å². The van der Waals surface area contributed by atoms with Gasteiger partial charge in [-0.05, 0) is 25.7 Å². The van der Waals surface area contributed by atoms with Crippen LogP contribution in [0, 0.1) is 0 Å². The lowest BCUT2D eigenvalue weighted by Gasteiger charge is -2.24. The second-order valence-electron chi connectivity index (χ2n) is 6.03. The van der Waals surface area contributed by atoms with E-state index < -0.39 is 0 Å². The van der Waals surface area contributed by atoms with Crippen molar-refractivity contribution in [1.29, 1.82) is 0 Å². The number of nitrogens with zero attached hydrogens (tertiary/aromatic N) is 2. The van der Waals surface area contributed by atoms with Crippen molar-refractivity contribution in [2.45, 2.75) is 63.6 Å². The van der Waals surface area contributed by atoms with Crippen molar-refractivity contribution >= 4 is 5.91 Å². The highest BCUT2D eigenvalue weighted by molar-refractivity contribution is 5.84. The van der Waals surface area contributed by atoms with E-state index in [1.165, 1.54) is 32.2 Å². The van der Waals surface area contributed by atoms with Crippen LogP contribution < -0.4 is 5.32 Å². The highest BCUT2D eigenvalue weighted by Crippen LogP contribution is 2.31. The Bertz CT molecular complexity index is 316. The van der Waals surface area contributed by atoms with Crippen molar-refractivity contribution in [2.75, 3.05) is 19.8 Å². The zero-order chi connectivity index (χ0) is 12.5. The summed E-state index contributed by atoms with van der Waals surface area (Å²) < 4.78 is 0. The van der Waals surface area contributed by atoms with Crippen LogP contribution in [-0.2, 0) is 4.79 Å². The fourth-order valence-corrected chi connectivity index (χ4v) is 3.31. The average molecular weight is 251 g/mol. The van der Waals surface area contributed by atoms with Gasteiger partial charge in [0.05, 0.1) is 12.7 Å². The minimum atomic E-state index is 0.0972. The first-order valence-corrected chi connectivity index (χ1v) is 7.57. The number of amides is 1. The van der Waals surface area contributed by atoms with Crippen LogP contribution >= 0.6 is 0 Å². The number of carbonyl (C=O) groups excluding carboxylic acids is 1. The van der Waals surface area contributed by atoms with E-state index in [0.29, 0.717) is 11.9 Å². The molecule has 3 fully saturated rings. The van der Waals surface area contributed by atoms with Crippen LogP contribution in [0.2, 0.25) is 0 Å². The van der Waals surface area contributed by atoms with Crippen LogP contribution in [0.15, 0.2) is 0 Å². The number of unbranched alkanes of at least 4 members (excludes halogenated alkanes) is 1. The van der Waals surface area contributed by atoms with Gasteiger partial charge in [0.25, 0.3) is 0 Å². The van der Waals surface area contributed by atoms with Crippen molar-refractivity contribution in [3.05, 3.63) is 0 Å². The van der Waals surface area contributed by atoms with E-state index in [1.807, 2.05) is 0 Å². The second-order valence-corrected chi connectivity index (χ2v) is 6.03. The molecule has 2 aliphatic heterocycles. The lowest BCUT2D eigenvalue weighted by Crippen LogP contribution is -2.40. The summed E-state index contributed by atoms with van der Waals surface area (Å²) in [5.74, 6) is 0.353. The Morgan fingerprint density at radius 3 is 2.83 bits per heavy atom. The van der Waals surface area contributed by atoms with E-state index in [4.69, 9.17) is 0 Å². The van der Waals surface area contributed by atoms with E-state index >= 15 is 0 Å². The van der Waals surface area contributed by atoms with Crippen LogP contribution in [-0.4, -0.2) is 53.6 Å². The normalized spacial score (nSPS) is 33.6. The van der Waals surface area contributed by atoms with Crippen molar-refractivity contribution in [1.82, 2.24) is 15.1 Å². The predicted molar refractivity (Wildman–Crippen MR) is 71.2 cm³/mol. The zero-order valence-corrected chi connectivity index (χ0v) is 11.4. The monoisotopic (exact) mass is 251 g/mol. The Kier molecular flexibility index (Phi) is 3.57. The van der Waals surface area contributed by atoms with Gasteiger partial charge < -0.3 is 4.90 Å². The SMILES string of the molecule is CCCCC1NCN(C2CCN(C3CC3)C2)C1=O. The van der Waals surface area contributed by atoms with Gasteiger partial charge in [-0.2, -0.15) is 0 Å². The highest BCUT2D eigenvalue weighted by atomic mass is 16.2. The fraction of sp³-hybridized carbons (Fsp3) is 0.929. The maximum Gasteiger partial charge on any atom is 0.241 e. The molecule has 0 aromatic carbocycles. The molecule has 4 nitrogen and oxygen atoms in total. The molecule has 2 atom stereocenters. The van der Waals surface area contributed by atoms with Crippen molar-refractivity contribution < 1.29 is 4.79 Å². The minimum Gasteiger partial charge on any atom is -0.324 e. The summed E-state index contributed by atoms with van der Waals surface area (Å²) in [6.07, 6.45) is 7.24. The Balaban J connectivity index is 1.52. The summed E-state index contributed by atoms with van der Waals surface area (Å²) >= 11 is 0. The Labute approximate surface area is 110 Å². The van der Waals surface area contributed by atoms with Crippen molar-refractivity contribution in [2.24, 2.45) is 0 Å². The summed E-state index contributed by atoms with van der Waals surface area (Å²) in [5.41, 5.74) is 0. The van der Waals surface area contributed by atoms with E-state index in [9.17, 15) is 4.79 Å². The molecule has 4 heteroatoms. The molecule has 1 N–H and O–H groups in total. The molecule has 1 amide bonds. The van der Waals surface area contributed by atoms with E-state index in [0.717, 1.165) is 32.1 Å². The standard InChI is InChI=1S/C14H25N3O/c1-2-3-4-13-14(18)17(10-15-13)12-7-8-16(9-12)11-5-6-11/h11-13,15H,2-10H2,1H3. The molecule has 102 valence electrons. The first kappa shape index (κ1) is 12.4. The third-order valence-corrected chi connectivity index (χ3v) is 4.63. The van der Waals surface area contributed by atoms with Crippen molar-refractivity contribution in [3.63, 3.8) is 0 Å². The second kappa shape index (κ2) is 5.17. The number of nitrogens with one attached hydrogen (secondary N) is 1. The lowest BCUT2D eigenvalue weighted by molar-refractivity contribution is -0.130. The number of hydrogen-bond acceptors (Lipinski definition) is 3. The molecular formula is C14H25N3O. The van der Waals surface area contributed by atoms with E-state index in [-0.39, 0.29) is 6.04 Å². The molecule has 0 radical (unpaired) electrons. The van der Waals surface area contributed by atoms with Gasteiger partial charge in [-0.15, -0.1) is 0 Å². The molecule has 3 aliphatic rings. The molecule has 3 rings (SSSR count). The number of hydrogen-bond donors (Lipinski definition) is 1. The van der Waals surface area contributed by atoms with Crippen LogP contribution in [0.5, 0.6) is 0 Å². The van der Waals surface area contributed by atoms with Gasteiger partial charge in [0.1, 0.15) is 0 Å². The molecule has 2 unspecified atom stereocenters. The molecule has 0 aromatic heterocycles. The Morgan fingerprint density at radius 1 is 1.28 bits per heavy atom. The fourth-order valence-electron chi connectivity index (χ4n) is 3.31. The minimum absolute atomic E-state index is 0.0972. The molecular weight excluding hydrogens is 226 g/mol.